The number of hydrogen-bond acceptors (Lipinski definition) is 8. The van der Waals surface area contributed by atoms with Crippen LogP contribution in [0.1, 0.15) is 18.2 Å². The molecule has 3 rings (SSSR count). The highest BCUT2D eigenvalue weighted by atomic mass is 16.6. The van der Waals surface area contributed by atoms with Crippen LogP contribution >= 0.6 is 0 Å². The van der Waals surface area contributed by atoms with E-state index in [0.29, 0.717) is 44.7 Å². The number of benzene rings is 1. The first-order valence-electron chi connectivity index (χ1n) is 9.46. The summed E-state index contributed by atoms with van der Waals surface area (Å²) in [6.07, 6.45) is 3.46. The Kier molecular flexibility index (Phi) is 7.09. The van der Waals surface area contributed by atoms with Crippen LogP contribution in [0.3, 0.4) is 0 Å². The smallest absolute Gasteiger partial charge is 0.337 e. The van der Waals surface area contributed by atoms with Crippen molar-refractivity contribution in [3.05, 3.63) is 51.7 Å². The van der Waals surface area contributed by atoms with Gasteiger partial charge in [-0.05, 0) is 18.6 Å². The topological polar surface area (TPSA) is 103 Å². The molecular formula is C20H25N5O4. The zero-order valence-corrected chi connectivity index (χ0v) is 16.6. The van der Waals surface area contributed by atoms with E-state index in [-0.39, 0.29) is 17.4 Å². The van der Waals surface area contributed by atoms with E-state index in [2.05, 4.69) is 15.3 Å². The van der Waals surface area contributed by atoms with Gasteiger partial charge in [0.25, 0.3) is 0 Å². The quantitative estimate of drug-likeness (QED) is 0.534. The molecule has 2 heterocycles. The lowest BCUT2D eigenvalue weighted by atomic mass is 10.2. The van der Waals surface area contributed by atoms with E-state index in [0.717, 1.165) is 5.56 Å². The molecule has 1 saturated heterocycles. The molecule has 0 spiro atoms. The minimum absolute atomic E-state index is 0.0510. The molecule has 1 aliphatic rings. The van der Waals surface area contributed by atoms with Crippen molar-refractivity contribution in [1.82, 2.24) is 9.97 Å². The molecular weight excluding hydrogens is 374 g/mol. The Morgan fingerprint density at radius 3 is 2.66 bits per heavy atom. The van der Waals surface area contributed by atoms with Crippen molar-refractivity contribution >= 4 is 29.6 Å². The summed E-state index contributed by atoms with van der Waals surface area (Å²) in [5.41, 5.74) is 1.07. The zero-order valence-electron chi connectivity index (χ0n) is 16.6. The van der Waals surface area contributed by atoms with Gasteiger partial charge in [-0.25, -0.2) is 4.98 Å². The van der Waals surface area contributed by atoms with E-state index in [1.54, 1.807) is 19.3 Å². The number of ether oxygens (including phenoxy) is 2. The molecule has 9 heteroatoms. The van der Waals surface area contributed by atoms with Crippen LogP contribution in [0.2, 0.25) is 0 Å². The number of hydrogen-bond donors (Lipinski definition) is 1. The first-order valence-corrected chi connectivity index (χ1v) is 9.46. The molecule has 1 aliphatic heterocycles. The number of methoxy groups -OCH3 is 1. The van der Waals surface area contributed by atoms with Crippen molar-refractivity contribution in [2.75, 3.05) is 50.2 Å². The molecule has 1 fully saturated rings. The number of nitrogens with one attached hydrogen (secondary N) is 1. The summed E-state index contributed by atoms with van der Waals surface area (Å²) in [5, 5.41) is 15.1. The monoisotopic (exact) mass is 399 g/mol. The maximum absolute atomic E-state index is 11.9. The van der Waals surface area contributed by atoms with E-state index in [4.69, 9.17) is 9.47 Å². The zero-order chi connectivity index (χ0) is 20.6. The second-order valence-electron chi connectivity index (χ2n) is 6.71. The second kappa shape index (κ2) is 9.94. The summed E-state index contributed by atoms with van der Waals surface area (Å²) in [6, 6.07) is 9.53. The van der Waals surface area contributed by atoms with Gasteiger partial charge in [0.1, 0.15) is 5.69 Å². The predicted octanol–water partition coefficient (Wildman–Crippen LogP) is 2.84. The van der Waals surface area contributed by atoms with Gasteiger partial charge in [0, 0.05) is 26.2 Å². The fourth-order valence-corrected chi connectivity index (χ4v) is 3.06. The van der Waals surface area contributed by atoms with Gasteiger partial charge in [0.05, 0.1) is 24.7 Å². The number of nitro groups is 1. The maximum atomic E-state index is 11.9. The van der Waals surface area contributed by atoms with Crippen molar-refractivity contribution < 1.29 is 14.4 Å². The van der Waals surface area contributed by atoms with Gasteiger partial charge < -0.3 is 19.7 Å². The van der Waals surface area contributed by atoms with Crippen LogP contribution in [0.5, 0.6) is 0 Å². The molecule has 1 N–H and O–H groups in total. The first-order chi connectivity index (χ1) is 14.1. The van der Waals surface area contributed by atoms with Crippen LogP contribution < -0.4 is 10.2 Å². The summed E-state index contributed by atoms with van der Waals surface area (Å²) in [6.45, 7) is 4.46. The third-order valence-corrected chi connectivity index (χ3v) is 4.41. The number of anilines is 2. The molecule has 154 valence electrons. The summed E-state index contributed by atoms with van der Waals surface area (Å²) in [5.74, 6) is 0.627. The highest BCUT2D eigenvalue weighted by Gasteiger charge is 2.28. The Labute approximate surface area is 169 Å². The molecule has 1 aromatic heterocycles. The molecule has 1 unspecified atom stereocenters. The van der Waals surface area contributed by atoms with Gasteiger partial charge in [0.2, 0.25) is 11.8 Å². The molecule has 9 nitrogen and oxygen atoms in total. The van der Waals surface area contributed by atoms with Gasteiger partial charge >= 0.3 is 5.69 Å². The molecule has 0 aliphatic carbocycles. The molecule has 0 amide bonds. The maximum Gasteiger partial charge on any atom is 0.337 e. The normalized spacial score (nSPS) is 15.4. The second-order valence-corrected chi connectivity index (χ2v) is 6.71. The Balaban J connectivity index is 2.04. The van der Waals surface area contributed by atoms with Crippen molar-refractivity contribution in [1.29, 1.82) is 0 Å². The average Bonchev–Trinajstić information content (AvgIpc) is 2.73. The minimum Gasteiger partial charge on any atom is -0.383 e. The van der Waals surface area contributed by atoms with Crippen LogP contribution in [0, 0.1) is 10.1 Å². The summed E-state index contributed by atoms with van der Waals surface area (Å²) in [7, 11) is 1.61. The molecule has 1 aromatic carbocycles. The van der Waals surface area contributed by atoms with Gasteiger partial charge in [-0.1, -0.05) is 36.4 Å². The van der Waals surface area contributed by atoms with Gasteiger partial charge in [-0.15, -0.1) is 0 Å². The fourth-order valence-electron chi connectivity index (χ4n) is 3.06. The lowest BCUT2D eigenvalue weighted by molar-refractivity contribution is -0.384. The first kappa shape index (κ1) is 20.7. The summed E-state index contributed by atoms with van der Waals surface area (Å²) in [4.78, 5) is 22.3. The highest BCUT2D eigenvalue weighted by Crippen LogP contribution is 2.32. The molecule has 0 radical (unpaired) electrons. The van der Waals surface area contributed by atoms with Crippen LogP contribution in [-0.4, -0.2) is 61.0 Å². The van der Waals surface area contributed by atoms with Gasteiger partial charge in [-0.2, -0.15) is 4.98 Å². The van der Waals surface area contributed by atoms with Crippen LogP contribution in [0.4, 0.5) is 17.5 Å². The Morgan fingerprint density at radius 1 is 1.28 bits per heavy atom. The Hall–Kier alpha value is -3.04. The third-order valence-electron chi connectivity index (χ3n) is 4.41. The highest BCUT2D eigenvalue weighted by molar-refractivity contribution is 5.77. The molecule has 1 atom stereocenters. The van der Waals surface area contributed by atoms with E-state index in [9.17, 15) is 10.1 Å². The third kappa shape index (κ3) is 5.49. The van der Waals surface area contributed by atoms with Gasteiger partial charge in [0.15, 0.2) is 0 Å². The fraction of sp³-hybridized carbons (Fsp3) is 0.400. The predicted molar refractivity (Wildman–Crippen MR) is 112 cm³/mol. The SMILES string of the molecule is COCC(C)Nc1nc(/C=C/c2ccccc2)c([N+](=O)[O-])c(N2CCOCC2)n1. The van der Waals surface area contributed by atoms with Crippen molar-refractivity contribution in [3.63, 3.8) is 0 Å². The lowest BCUT2D eigenvalue weighted by Gasteiger charge is -2.28. The molecule has 0 saturated carbocycles. The number of aromatic nitrogens is 2. The van der Waals surface area contributed by atoms with Crippen LogP contribution in [-0.2, 0) is 9.47 Å². The minimum atomic E-state index is -0.419. The van der Waals surface area contributed by atoms with E-state index in [1.165, 1.54) is 0 Å². The average molecular weight is 399 g/mol. The summed E-state index contributed by atoms with van der Waals surface area (Å²) < 4.78 is 10.5. The van der Waals surface area contributed by atoms with Crippen molar-refractivity contribution in [2.45, 2.75) is 13.0 Å². The molecule has 29 heavy (non-hydrogen) atoms. The molecule has 2 aromatic rings. The van der Waals surface area contributed by atoms with E-state index in [1.807, 2.05) is 42.2 Å². The van der Waals surface area contributed by atoms with Crippen LogP contribution in [0.25, 0.3) is 12.2 Å². The molecule has 0 bridgehead atoms. The number of nitrogens with zero attached hydrogens (tertiary/aromatic N) is 4. The lowest BCUT2D eigenvalue weighted by Crippen LogP contribution is -2.37. The van der Waals surface area contributed by atoms with E-state index < -0.39 is 4.92 Å². The Morgan fingerprint density at radius 2 is 2.00 bits per heavy atom. The van der Waals surface area contributed by atoms with Gasteiger partial charge in [-0.3, -0.25) is 10.1 Å². The standard InChI is InChI=1S/C20H25N5O4/c1-15(14-28-2)21-20-22-17(9-8-16-6-4-3-5-7-16)18(25(26)27)19(23-20)24-10-12-29-13-11-24/h3-9,15H,10-14H2,1-2H3,(H,21,22,23)/b9-8+. The number of rotatable bonds is 8. The van der Waals surface area contributed by atoms with Crippen LogP contribution in [0.15, 0.2) is 30.3 Å². The van der Waals surface area contributed by atoms with Crippen molar-refractivity contribution in [3.8, 4) is 0 Å². The van der Waals surface area contributed by atoms with Crippen molar-refractivity contribution in [2.24, 2.45) is 0 Å². The number of morpholine rings is 1. The summed E-state index contributed by atoms with van der Waals surface area (Å²) >= 11 is 0. The van der Waals surface area contributed by atoms with E-state index >= 15 is 0 Å². The Bertz CT molecular complexity index is 853. The largest absolute Gasteiger partial charge is 0.383 e.